The third-order valence-electron chi connectivity index (χ3n) is 0.326. The van der Waals surface area contributed by atoms with E-state index in [0.717, 1.165) is 0 Å². The minimum absolute atomic E-state index is 1.75. The van der Waals surface area contributed by atoms with Crippen LogP contribution in [0, 0.1) is 0 Å². The average Bonchev–Trinajstić information content (AvgIpc) is 1.61. The molecule has 0 aliphatic heterocycles. The molecule has 0 aromatic heterocycles. The van der Waals surface area contributed by atoms with Crippen LogP contribution in [0.5, 0.6) is 0 Å². The van der Waals surface area contributed by atoms with E-state index in [1.807, 2.05) is 35.9 Å². The fraction of sp³-hybridized carbons (Fsp3) is 0. The first-order valence-corrected chi connectivity index (χ1v) is 2.80. The van der Waals surface area contributed by atoms with Gasteiger partial charge in [0.25, 0.3) is 0 Å². The molecule has 0 nitrogen and oxygen atoms in total. The van der Waals surface area contributed by atoms with Gasteiger partial charge in [0.1, 0.15) is 0 Å². The summed E-state index contributed by atoms with van der Waals surface area (Å²) in [4.78, 5) is 0. The SMILES string of the molecule is C=C/C=C\[CH]=[Mo]. The normalized spacial score (nSPS) is 8.67. The molecule has 0 N–H and O–H groups in total. The summed E-state index contributed by atoms with van der Waals surface area (Å²) in [5, 5.41) is 0. The first-order valence-electron chi connectivity index (χ1n) is 1.64. The Balaban J connectivity index is 3.17. The molecule has 0 bridgehead atoms. The van der Waals surface area contributed by atoms with Gasteiger partial charge in [-0.25, -0.2) is 0 Å². The Morgan fingerprint density at radius 1 is 1.33 bits per heavy atom. The topological polar surface area (TPSA) is 0 Å². The summed E-state index contributed by atoms with van der Waals surface area (Å²) >= 11 is 1.91. The zero-order chi connectivity index (χ0) is 4.83. The van der Waals surface area contributed by atoms with E-state index in [1.165, 1.54) is 0 Å². The van der Waals surface area contributed by atoms with Crippen LogP contribution >= 0.6 is 0 Å². The number of allylic oxidation sites excluding steroid dienone is 3. The van der Waals surface area contributed by atoms with Gasteiger partial charge in [0.15, 0.2) is 0 Å². The molecular formula is C5H6Mo. The molecule has 0 atom stereocenters. The van der Waals surface area contributed by atoms with Gasteiger partial charge in [-0.2, -0.15) is 0 Å². The van der Waals surface area contributed by atoms with E-state index < -0.39 is 0 Å². The van der Waals surface area contributed by atoms with Crippen LogP contribution < -0.4 is 0 Å². The standard InChI is InChI=1S/C5H6.Mo/c1-3-5-4-2;/h1,3-5H,2H2;/b5-3-;. The molecular weight excluding hydrogens is 156 g/mol. The molecule has 0 radical (unpaired) electrons. The summed E-state index contributed by atoms with van der Waals surface area (Å²) in [6, 6.07) is 0. The molecule has 1 heteroatoms. The van der Waals surface area contributed by atoms with Crippen LogP contribution in [-0.2, 0) is 19.4 Å². The van der Waals surface area contributed by atoms with E-state index >= 15 is 0 Å². The second-order valence-electron chi connectivity index (χ2n) is 0.757. The van der Waals surface area contributed by atoms with Gasteiger partial charge < -0.3 is 0 Å². The molecule has 6 heavy (non-hydrogen) atoms. The number of rotatable bonds is 2. The van der Waals surface area contributed by atoms with Crippen molar-refractivity contribution in [3.05, 3.63) is 24.8 Å². The predicted octanol–water partition coefficient (Wildman–Crippen LogP) is 1.08. The van der Waals surface area contributed by atoms with Gasteiger partial charge in [-0.1, -0.05) is 0 Å². The molecule has 0 spiro atoms. The van der Waals surface area contributed by atoms with E-state index in [4.69, 9.17) is 0 Å². The van der Waals surface area contributed by atoms with Crippen LogP contribution in [0.1, 0.15) is 0 Å². The van der Waals surface area contributed by atoms with Crippen molar-refractivity contribution >= 4 is 4.40 Å². The molecule has 0 heterocycles. The van der Waals surface area contributed by atoms with Crippen molar-refractivity contribution in [3.63, 3.8) is 0 Å². The van der Waals surface area contributed by atoms with Crippen molar-refractivity contribution in [2.75, 3.05) is 0 Å². The maximum atomic E-state index is 3.49. The average molecular weight is 162 g/mol. The summed E-state index contributed by atoms with van der Waals surface area (Å²) in [6.07, 6.45) is 5.58. The molecule has 0 aliphatic carbocycles. The van der Waals surface area contributed by atoms with Crippen LogP contribution in [-0.4, -0.2) is 4.40 Å². The Labute approximate surface area is 49.0 Å². The van der Waals surface area contributed by atoms with Crippen molar-refractivity contribution in [1.82, 2.24) is 0 Å². The summed E-state index contributed by atoms with van der Waals surface area (Å²) in [7, 11) is 0. The maximum absolute atomic E-state index is 3.49. The van der Waals surface area contributed by atoms with Crippen molar-refractivity contribution in [1.29, 1.82) is 0 Å². The predicted molar refractivity (Wildman–Crippen MR) is 25.4 cm³/mol. The molecule has 0 aromatic carbocycles. The minimum atomic E-state index is 1.75. The van der Waals surface area contributed by atoms with Crippen molar-refractivity contribution in [2.24, 2.45) is 0 Å². The van der Waals surface area contributed by atoms with Crippen molar-refractivity contribution in [2.45, 2.75) is 0 Å². The first-order chi connectivity index (χ1) is 2.91. The first kappa shape index (κ1) is 6.04. The zero-order valence-corrected chi connectivity index (χ0v) is 5.43. The molecule has 0 rings (SSSR count). The third kappa shape index (κ3) is 4.04. The van der Waals surface area contributed by atoms with Gasteiger partial charge in [0, 0.05) is 0 Å². The summed E-state index contributed by atoms with van der Waals surface area (Å²) in [5.41, 5.74) is 0. The van der Waals surface area contributed by atoms with Gasteiger partial charge in [0.05, 0.1) is 0 Å². The van der Waals surface area contributed by atoms with Gasteiger partial charge in [-0.3, -0.25) is 0 Å². The third-order valence-corrected chi connectivity index (χ3v) is 0.712. The zero-order valence-electron chi connectivity index (χ0n) is 3.42. The fourth-order valence-electron chi connectivity index (χ4n) is 0.124. The van der Waals surface area contributed by atoms with E-state index in [1.54, 1.807) is 6.08 Å². The van der Waals surface area contributed by atoms with Gasteiger partial charge in [-0.15, -0.1) is 0 Å². The van der Waals surface area contributed by atoms with Gasteiger partial charge >= 0.3 is 48.6 Å². The van der Waals surface area contributed by atoms with Gasteiger partial charge in [0.2, 0.25) is 0 Å². The molecule has 0 fully saturated rings. The van der Waals surface area contributed by atoms with E-state index in [-0.39, 0.29) is 0 Å². The Hall–Kier alpha value is 0.0383. The van der Waals surface area contributed by atoms with Crippen LogP contribution in [0.15, 0.2) is 24.8 Å². The molecule has 32 valence electrons. The Morgan fingerprint density at radius 3 is 2.17 bits per heavy atom. The monoisotopic (exact) mass is 164 g/mol. The molecule has 0 unspecified atom stereocenters. The summed E-state index contributed by atoms with van der Waals surface area (Å²) in [6.45, 7) is 3.49. The molecule has 0 saturated carbocycles. The second kappa shape index (κ2) is 5.04. The molecule has 0 amide bonds. The van der Waals surface area contributed by atoms with E-state index in [9.17, 15) is 0 Å². The Kier molecular flexibility index (Phi) is 5.07. The molecule has 0 aromatic rings. The van der Waals surface area contributed by atoms with Crippen LogP contribution in [0.25, 0.3) is 0 Å². The van der Waals surface area contributed by atoms with E-state index in [2.05, 4.69) is 6.58 Å². The van der Waals surface area contributed by atoms with Crippen molar-refractivity contribution in [3.8, 4) is 0 Å². The summed E-state index contributed by atoms with van der Waals surface area (Å²) < 4.78 is 1.97. The molecule has 0 aliphatic rings. The van der Waals surface area contributed by atoms with Crippen molar-refractivity contribution < 1.29 is 19.4 Å². The van der Waals surface area contributed by atoms with Gasteiger partial charge in [-0.05, 0) is 0 Å². The van der Waals surface area contributed by atoms with Crippen LogP contribution in [0.4, 0.5) is 0 Å². The number of hydrogen-bond donors (Lipinski definition) is 0. The Morgan fingerprint density at radius 2 is 2.00 bits per heavy atom. The van der Waals surface area contributed by atoms with Crippen LogP contribution in [0.2, 0.25) is 0 Å². The quantitative estimate of drug-likeness (QED) is 0.421. The number of hydrogen-bond acceptors (Lipinski definition) is 0. The second-order valence-corrected chi connectivity index (χ2v) is 1.43. The van der Waals surface area contributed by atoms with Crippen LogP contribution in [0.3, 0.4) is 0 Å². The van der Waals surface area contributed by atoms with E-state index in [0.29, 0.717) is 0 Å². The summed E-state index contributed by atoms with van der Waals surface area (Å²) in [5.74, 6) is 0. The fourth-order valence-corrected chi connectivity index (χ4v) is 0.347. The molecule has 0 saturated heterocycles. The Bertz CT molecular complexity index is 62.0.